The van der Waals surface area contributed by atoms with Crippen LogP contribution in [0.1, 0.15) is 5.82 Å². The van der Waals surface area contributed by atoms with Crippen molar-refractivity contribution < 1.29 is 4.74 Å². The molecule has 0 amide bonds. The first kappa shape index (κ1) is 8.93. The van der Waals surface area contributed by atoms with E-state index in [0.717, 1.165) is 18.1 Å². The highest BCUT2D eigenvalue weighted by atomic mass is 16.5. The summed E-state index contributed by atoms with van der Waals surface area (Å²) in [5.74, 6) is 1.48. The van der Waals surface area contributed by atoms with Gasteiger partial charge in [-0.1, -0.05) is 0 Å². The summed E-state index contributed by atoms with van der Waals surface area (Å²) < 4.78 is 5.31. The Morgan fingerprint density at radius 1 is 1.42 bits per heavy atom. The van der Waals surface area contributed by atoms with Crippen molar-refractivity contribution in [1.29, 1.82) is 0 Å². The largest absolute Gasteiger partial charge is 0.489 e. The topological polar surface area (TPSA) is 47.0 Å². The normalized spacial score (nSPS) is 9.83. The second-order valence-electron chi connectivity index (χ2n) is 2.42. The predicted octanol–water partition coefficient (Wildman–Crippen LogP) is 0.383. The summed E-state index contributed by atoms with van der Waals surface area (Å²) in [6, 6.07) is 0. The van der Waals surface area contributed by atoms with Crippen molar-refractivity contribution in [3.05, 3.63) is 18.2 Å². The molecule has 0 saturated heterocycles. The Hall–Kier alpha value is -1.16. The molecule has 0 spiro atoms. The molecule has 1 N–H and O–H groups in total. The first-order chi connectivity index (χ1) is 5.83. The van der Waals surface area contributed by atoms with Crippen molar-refractivity contribution in [2.24, 2.45) is 0 Å². The molecule has 66 valence electrons. The zero-order valence-corrected chi connectivity index (χ0v) is 7.37. The predicted molar refractivity (Wildman–Crippen MR) is 46.2 cm³/mol. The molecule has 1 heterocycles. The first-order valence-electron chi connectivity index (χ1n) is 3.89. The molecule has 1 aromatic rings. The molecular formula is C8H13N3O. The van der Waals surface area contributed by atoms with Crippen LogP contribution in [0.5, 0.6) is 5.75 Å². The number of hydrogen-bond acceptors (Lipinski definition) is 4. The van der Waals surface area contributed by atoms with E-state index in [9.17, 15) is 0 Å². The molecule has 0 saturated carbocycles. The van der Waals surface area contributed by atoms with Gasteiger partial charge in [0.15, 0.2) is 5.75 Å². The average molecular weight is 167 g/mol. The third kappa shape index (κ3) is 2.84. The molecular weight excluding hydrogens is 154 g/mol. The van der Waals surface area contributed by atoms with E-state index in [-0.39, 0.29) is 0 Å². The maximum atomic E-state index is 5.31. The Bertz CT molecular complexity index is 222. The summed E-state index contributed by atoms with van der Waals surface area (Å²) in [5, 5.41) is 2.98. The molecule has 1 rings (SSSR count). The first-order valence-corrected chi connectivity index (χ1v) is 3.89. The highest BCUT2D eigenvalue weighted by Crippen LogP contribution is 2.04. The Morgan fingerprint density at radius 2 is 2.08 bits per heavy atom. The minimum Gasteiger partial charge on any atom is -0.489 e. The molecule has 0 aliphatic carbocycles. The number of aryl methyl sites for hydroxylation is 1. The van der Waals surface area contributed by atoms with Crippen molar-refractivity contribution in [3.8, 4) is 5.75 Å². The van der Waals surface area contributed by atoms with Gasteiger partial charge in [-0.3, -0.25) is 0 Å². The van der Waals surface area contributed by atoms with Crippen molar-refractivity contribution in [1.82, 2.24) is 15.3 Å². The van der Waals surface area contributed by atoms with E-state index in [1.54, 1.807) is 12.4 Å². The number of aromatic nitrogens is 2. The monoisotopic (exact) mass is 167 g/mol. The molecule has 0 fully saturated rings. The number of ether oxygens (including phenoxy) is 1. The molecule has 0 unspecified atom stereocenters. The van der Waals surface area contributed by atoms with Gasteiger partial charge in [0.1, 0.15) is 12.4 Å². The fourth-order valence-electron chi connectivity index (χ4n) is 0.726. The number of likely N-dealkylation sites (N-methyl/N-ethyl adjacent to an activating group) is 1. The third-order valence-corrected chi connectivity index (χ3v) is 1.38. The smallest absolute Gasteiger partial charge is 0.155 e. The van der Waals surface area contributed by atoms with Crippen LogP contribution < -0.4 is 10.1 Å². The molecule has 12 heavy (non-hydrogen) atoms. The van der Waals surface area contributed by atoms with E-state index in [0.29, 0.717) is 6.61 Å². The fraction of sp³-hybridized carbons (Fsp3) is 0.500. The second kappa shape index (κ2) is 4.66. The molecule has 0 radical (unpaired) electrons. The van der Waals surface area contributed by atoms with E-state index in [1.165, 1.54) is 0 Å². The second-order valence-corrected chi connectivity index (χ2v) is 2.42. The molecule has 0 aliphatic rings. The highest BCUT2D eigenvalue weighted by Gasteiger charge is 1.92. The van der Waals surface area contributed by atoms with E-state index < -0.39 is 0 Å². The van der Waals surface area contributed by atoms with Crippen LogP contribution in [0.25, 0.3) is 0 Å². The van der Waals surface area contributed by atoms with Crippen LogP contribution in [-0.2, 0) is 0 Å². The van der Waals surface area contributed by atoms with Crippen LogP contribution in [-0.4, -0.2) is 30.2 Å². The van der Waals surface area contributed by atoms with Crippen molar-refractivity contribution in [2.45, 2.75) is 6.92 Å². The number of nitrogens with zero attached hydrogens (tertiary/aromatic N) is 2. The fourth-order valence-corrected chi connectivity index (χ4v) is 0.726. The lowest BCUT2D eigenvalue weighted by atomic mass is 10.5. The Balaban J connectivity index is 2.37. The average Bonchev–Trinajstić information content (AvgIpc) is 2.09. The summed E-state index contributed by atoms with van der Waals surface area (Å²) in [7, 11) is 1.88. The Morgan fingerprint density at radius 3 is 2.67 bits per heavy atom. The molecule has 0 aliphatic heterocycles. The van der Waals surface area contributed by atoms with Gasteiger partial charge in [-0.05, 0) is 14.0 Å². The van der Waals surface area contributed by atoms with E-state index >= 15 is 0 Å². The minimum atomic E-state index is 0.642. The zero-order valence-electron chi connectivity index (χ0n) is 7.37. The molecule has 1 aromatic heterocycles. The molecule has 0 aromatic carbocycles. The Labute approximate surface area is 72.0 Å². The number of rotatable bonds is 4. The highest BCUT2D eigenvalue weighted by molar-refractivity contribution is 5.11. The van der Waals surface area contributed by atoms with Gasteiger partial charge in [0.05, 0.1) is 12.4 Å². The van der Waals surface area contributed by atoms with Crippen molar-refractivity contribution >= 4 is 0 Å². The van der Waals surface area contributed by atoms with Crippen molar-refractivity contribution in [2.75, 3.05) is 20.2 Å². The summed E-state index contributed by atoms with van der Waals surface area (Å²) in [6.45, 7) is 3.31. The molecule has 4 heteroatoms. The lowest BCUT2D eigenvalue weighted by Gasteiger charge is -2.03. The van der Waals surface area contributed by atoms with Gasteiger partial charge in [-0.2, -0.15) is 0 Å². The number of nitrogens with one attached hydrogen (secondary N) is 1. The molecule has 4 nitrogen and oxygen atoms in total. The van der Waals surface area contributed by atoms with Gasteiger partial charge in [-0.25, -0.2) is 9.97 Å². The molecule has 0 atom stereocenters. The van der Waals surface area contributed by atoms with Crippen molar-refractivity contribution in [3.63, 3.8) is 0 Å². The van der Waals surface area contributed by atoms with Gasteiger partial charge in [0.25, 0.3) is 0 Å². The van der Waals surface area contributed by atoms with Crippen LogP contribution >= 0.6 is 0 Å². The van der Waals surface area contributed by atoms with Crippen LogP contribution in [0.3, 0.4) is 0 Å². The third-order valence-electron chi connectivity index (χ3n) is 1.38. The summed E-state index contributed by atoms with van der Waals surface area (Å²) >= 11 is 0. The van der Waals surface area contributed by atoms with Crippen LogP contribution in [0.2, 0.25) is 0 Å². The van der Waals surface area contributed by atoms with Crippen LogP contribution in [0.4, 0.5) is 0 Å². The number of hydrogen-bond donors (Lipinski definition) is 1. The van der Waals surface area contributed by atoms with Gasteiger partial charge >= 0.3 is 0 Å². The zero-order chi connectivity index (χ0) is 8.81. The van der Waals surface area contributed by atoms with Crippen LogP contribution in [0, 0.1) is 6.92 Å². The lowest BCUT2D eigenvalue weighted by Crippen LogP contribution is -2.16. The van der Waals surface area contributed by atoms with E-state index in [2.05, 4.69) is 15.3 Å². The lowest BCUT2D eigenvalue weighted by molar-refractivity contribution is 0.315. The standard InChI is InChI=1S/C8H13N3O/c1-7-10-5-8(6-11-7)12-4-3-9-2/h5-6,9H,3-4H2,1-2H3. The SMILES string of the molecule is CNCCOc1cnc(C)nc1. The van der Waals surface area contributed by atoms with Gasteiger partial charge in [0.2, 0.25) is 0 Å². The summed E-state index contributed by atoms with van der Waals surface area (Å²) in [6.07, 6.45) is 3.36. The van der Waals surface area contributed by atoms with E-state index in [4.69, 9.17) is 4.74 Å². The molecule has 0 bridgehead atoms. The quantitative estimate of drug-likeness (QED) is 0.659. The van der Waals surface area contributed by atoms with Gasteiger partial charge in [-0.15, -0.1) is 0 Å². The van der Waals surface area contributed by atoms with E-state index in [1.807, 2.05) is 14.0 Å². The van der Waals surface area contributed by atoms with Gasteiger partial charge in [0, 0.05) is 6.54 Å². The van der Waals surface area contributed by atoms with Gasteiger partial charge < -0.3 is 10.1 Å². The summed E-state index contributed by atoms with van der Waals surface area (Å²) in [4.78, 5) is 8.00. The van der Waals surface area contributed by atoms with Crippen LogP contribution in [0.15, 0.2) is 12.4 Å². The summed E-state index contributed by atoms with van der Waals surface area (Å²) in [5.41, 5.74) is 0. The maximum Gasteiger partial charge on any atom is 0.155 e. The Kier molecular flexibility index (Phi) is 3.47. The minimum absolute atomic E-state index is 0.642. The maximum absolute atomic E-state index is 5.31.